The van der Waals surface area contributed by atoms with E-state index in [0.29, 0.717) is 11.3 Å². The van der Waals surface area contributed by atoms with Crippen molar-refractivity contribution in [3.05, 3.63) is 94.4 Å². The maximum Gasteiger partial charge on any atom is 0.296 e. The van der Waals surface area contributed by atoms with Gasteiger partial charge >= 0.3 is 0 Å². The molecule has 0 aliphatic carbocycles. The first-order valence-electron chi connectivity index (χ1n) is 11.1. The van der Waals surface area contributed by atoms with Crippen molar-refractivity contribution in [1.29, 1.82) is 5.26 Å². The Hall–Kier alpha value is -5.50. The van der Waals surface area contributed by atoms with E-state index in [1.165, 1.54) is 18.2 Å². The lowest BCUT2D eigenvalue weighted by atomic mass is 10.1. The highest BCUT2D eigenvalue weighted by Crippen LogP contribution is 2.39. The summed E-state index contributed by atoms with van der Waals surface area (Å²) in [5.41, 5.74) is 1.77. The average Bonchev–Trinajstić information content (AvgIpc) is 3.36. The number of para-hydroxylation sites is 1. The SMILES string of the molecule is N#C/C(=C\c1cn(-c2ccccc2)nc1-c1ccncc1)C(=O)Nc1cc2c(cc1[N+](=O)[O-])OCCO2. The Morgan fingerprint density at radius 2 is 1.81 bits per heavy atom. The van der Waals surface area contributed by atoms with Gasteiger partial charge in [-0.2, -0.15) is 10.4 Å². The molecule has 3 heterocycles. The van der Waals surface area contributed by atoms with Crippen molar-refractivity contribution in [1.82, 2.24) is 14.8 Å². The number of nitro groups is 1. The summed E-state index contributed by atoms with van der Waals surface area (Å²) in [4.78, 5) is 28.1. The molecule has 2 aromatic carbocycles. The van der Waals surface area contributed by atoms with Gasteiger partial charge in [0, 0.05) is 35.8 Å². The summed E-state index contributed by atoms with van der Waals surface area (Å²) in [6, 6.07) is 17.3. The second-order valence-corrected chi connectivity index (χ2v) is 7.84. The van der Waals surface area contributed by atoms with Crippen LogP contribution >= 0.6 is 0 Å². The largest absolute Gasteiger partial charge is 0.486 e. The van der Waals surface area contributed by atoms with Crippen molar-refractivity contribution in [2.45, 2.75) is 0 Å². The van der Waals surface area contributed by atoms with Crippen molar-refractivity contribution in [2.75, 3.05) is 18.5 Å². The summed E-state index contributed by atoms with van der Waals surface area (Å²) in [5, 5.41) is 28.5. The molecule has 37 heavy (non-hydrogen) atoms. The van der Waals surface area contributed by atoms with Gasteiger partial charge in [0.2, 0.25) is 0 Å². The molecule has 1 amide bonds. The third-order valence-corrected chi connectivity index (χ3v) is 5.49. The van der Waals surface area contributed by atoms with Crippen LogP contribution in [0.3, 0.4) is 0 Å². The smallest absolute Gasteiger partial charge is 0.296 e. The quantitative estimate of drug-likeness (QED) is 0.182. The Morgan fingerprint density at radius 3 is 2.49 bits per heavy atom. The zero-order valence-corrected chi connectivity index (χ0v) is 19.2. The van der Waals surface area contributed by atoms with Crippen LogP contribution in [0, 0.1) is 21.4 Å². The van der Waals surface area contributed by atoms with Crippen LogP contribution in [0.5, 0.6) is 11.5 Å². The van der Waals surface area contributed by atoms with Crippen molar-refractivity contribution < 1.29 is 19.2 Å². The molecule has 0 bridgehead atoms. The highest BCUT2D eigenvalue weighted by molar-refractivity contribution is 6.11. The number of carbonyl (C=O) groups is 1. The molecule has 1 aliphatic rings. The predicted octanol–water partition coefficient (Wildman–Crippen LogP) is 4.16. The van der Waals surface area contributed by atoms with Crippen LogP contribution in [0.1, 0.15) is 5.56 Å². The summed E-state index contributed by atoms with van der Waals surface area (Å²) in [7, 11) is 0. The summed E-state index contributed by atoms with van der Waals surface area (Å²) in [5.74, 6) is -0.350. The molecule has 0 fully saturated rings. The molecular formula is C26H18N6O5. The van der Waals surface area contributed by atoms with Crippen LogP contribution in [0.15, 0.2) is 78.8 Å². The van der Waals surface area contributed by atoms with Crippen LogP contribution < -0.4 is 14.8 Å². The van der Waals surface area contributed by atoms with E-state index in [2.05, 4.69) is 15.4 Å². The fraction of sp³-hybridized carbons (Fsp3) is 0.0769. The number of hydrogen-bond donors (Lipinski definition) is 1. The van der Waals surface area contributed by atoms with Gasteiger partial charge in [0.1, 0.15) is 36.2 Å². The minimum atomic E-state index is -0.824. The molecule has 1 aliphatic heterocycles. The van der Waals surface area contributed by atoms with Gasteiger partial charge in [-0.1, -0.05) is 18.2 Å². The zero-order chi connectivity index (χ0) is 25.8. The number of nitro benzene ring substituents is 1. The average molecular weight is 494 g/mol. The Balaban J connectivity index is 1.53. The summed E-state index contributed by atoms with van der Waals surface area (Å²) in [6.45, 7) is 0.526. The molecular weight excluding hydrogens is 476 g/mol. The molecule has 0 radical (unpaired) electrons. The number of fused-ring (bicyclic) bond motifs is 1. The second-order valence-electron chi connectivity index (χ2n) is 7.84. The molecule has 0 spiro atoms. The number of anilines is 1. The molecule has 1 N–H and O–H groups in total. The number of nitrogens with zero attached hydrogens (tertiary/aromatic N) is 5. The van der Waals surface area contributed by atoms with E-state index in [-0.39, 0.29) is 41.7 Å². The Labute approximate surface area is 210 Å². The van der Waals surface area contributed by atoms with E-state index in [1.807, 2.05) is 36.4 Å². The molecule has 0 unspecified atom stereocenters. The topological polar surface area (TPSA) is 145 Å². The van der Waals surface area contributed by atoms with E-state index in [9.17, 15) is 20.2 Å². The van der Waals surface area contributed by atoms with Gasteiger partial charge in [-0.15, -0.1) is 0 Å². The second kappa shape index (κ2) is 10.0. The minimum Gasteiger partial charge on any atom is -0.486 e. The van der Waals surface area contributed by atoms with Crippen LogP contribution in [0.2, 0.25) is 0 Å². The first-order valence-corrected chi connectivity index (χ1v) is 11.1. The maximum atomic E-state index is 13.1. The lowest BCUT2D eigenvalue weighted by molar-refractivity contribution is -0.384. The number of amides is 1. The number of ether oxygens (including phenoxy) is 2. The Morgan fingerprint density at radius 1 is 1.11 bits per heavy atom. The number of aromatic nitrogens is 3. The number of hydrogen-bond acceptors (Lipinski definition) is 8. The van der Waals surface area contributed by atoms with Crippen LogP contribution in [-0.2, 0) is 4.79 Å². The summed E-state index contributed by atoms with van der Waals surface area (Å²) < 4.78 is 12.5. The molecule has 0 saturated heterocycles. The Bertz CT molecular complexity index is 1560. The number of pyridine rings is 1. The standard InChI is InChI=1S/C26H18N6O5/c27-15-18(26(33)29-21-13-23-24(37-11-10-36-23)14-22(21)32(34)35)12-19-16-31(20-4-2-1-3-5-20)30-25(19)17-6-8-28-9-7-17/h1-9,12-14,16H,10-11H2,(H,29,33)/b18-12+. The van der Waals surface area contributed by atoms with Gasteiger partial charge in [-0.3, -0.25) is 19.9 Å². The van der Waals surface area contributed by atoms with Gasteiger partial charge in [-0.25, -0.2) is 4.68 Å². The highest BCUT2D eigenvalue weighted by Gasteiger charge is 2.25. The van der Waals surface area contributed by atoms with E-state index in [4.69, 9.17) is 9.47 Å². The first-order chi connectivity index (χ1) is 18.0. The van der Waals surface area contributed by atoms with Gasteiger partial charge < -0.3 is 14.8 Å². The fourth-order valence-corrected chi connectivity index (χ4v) is 3.76. The van der Waals surface area contributed by atoms with Gasteiger partial charge in [-0.05, 0) is 30.3 Å². The number of nitrogens with one attached hydrogen (secondary N) is 1. The molecule has 0 saturated carbocycles. The van der Waals surface area contributed by atoms with Crippen molar-refractivity contribution >= 4 is 23.4 Å². The van der Waals surface area contributed by atoms with Gasteiger partial charge in [0.05, 0.1) is 16.7 Å². The molecule has 11 heteroatoms. The lowest BCUT2D eigenvalue weighted by Gasteiger charge is -2.19. The highest BCUT2D eigenvalue weighted by atomic mass is 16.6. The third-order valence-electron chi connectivity index (χ3n) is 5.49. The minimum absolute atomic E-state index is 0.116. The molecule has 2 aromatic heterocycles. The maximum absolute atomic E-state index is 13.1. The molecule has 0 atom stereocenters. The van der Waals surface area contributed by atoms with E-state index in [0.717, 1.165) is 11.3 Å². The van der Waals surface area contributed by atoms with E-state index < -0.39 is 10.8 Å². The van der Waals surface area contributed by atoms with Crippen molar-refractivity contribution in [2.24, 2.45) is 0 Å². The van der Waals surface area contributed by atoms with Crippen LogP contribution in [0.4, 0.5) is 11.4 Å². The zero-order valence-electron chi connectivity index (χ0n) is 19.2. The van der Waals surface area contributed by atoms with Crippen LogP contribution in [0.25, 0.3) is 23.0 Å². The number of nitriles is 1. The first kappa shape index (κ1) is 23.3. The number of benzene rings is 2. The third kappa shape index (κ3) is 4.85. The number of carbonyl (C=O) groups excluding carboxylic acids is 1. The molecule has 182 valence electrons. The molecule has 5 rings (SSSR count). The fourth-order valence-electron chi connectivity index (χ4n) is 3.76. The Kier molecular flexibility index (Phi) is 6.29. The molecule has 4 aromatic rings. The summed E-state index contributed by atoms with van der Waals surface area (Å²) >= 11 is 0. The van der Waals surface area contributed by atoms with E-state index in [1.54, 1.807) is 35.4 Å². The lowest BCUT2D eigenvalue weighted by Crippen LogP contribution is -2.18. The van der Waals surface area contributed by atoms with Crippen molar-refractivity contribution in [3.63, 3.8) is 0 Å². The predicted molar refractivity (Wildman–Crippen MR) is 133 cm³/mol. The summed E-state index contributed by atoms with van der Waals surface area (Å²) in [6.07, 6.45) is 6.32. The van der Waals surface area contributed by atoms with E-state index >= 15 is 0 Å². The van der Waals surface area contributed by atoms with Crippen LogP contribution in [-0.4, -0.2) is 38.8 Å². The van der Waals surface area contributed by atoms with Gasteiger partial charge in [0.15, 0.2) is 11.5 Å². The van der Waals surface area contributed by atoms with Crippen molar-refractivity contribution in [3.8, 4) is 34.5 Å². The molecule has 11 nitrogen and oxygen atoms in total. The normalized spacial score (nSPS) is 12.5. The number of rotatable bonds is 6. The monoisotopic (exact) mass is 494 g/mol. The van der Waals surface area contributed by atoms with Gasteiger partial charge in [0.25, 0.3) is 11.6 Å².